The SMILES string of the molecule is C/C=C/C=C/C(=O)N(CCC)C1CCS(=O)(=O)C1. The van der Waals surface area contributed by atoms with Gasteiger partial charge in [0.1, 0.15) is 0 Å². The minimum atomic E-state index is -2.95. The summed E-state index contributed by atoms with van der Waals surface area (Å²) in [5.41, 5.74) is 0. The van der Waals surface area contributed by atoms with E-state index in [1.807, 2.05) is 19.9 Å². The molecule has 1 fully saturated rings. The van der Waals surface area contributed by atoms with Gasteiger partial charge in [0, 0.05) is 18.7 Å². The lowest BCUT2D eigenvalue weighted by atomic mass is 10.2. The number of sulfone groups is 1. The number of carbonyl (C=O) groups is 1. The predicted octanol–water partition coefficient (Wildman–Crippen LogP) is 1.54. The highest BCUT2D eigenvalue weighted by atomic mass is 32.2. The lowest BCUT2D eigenvalue weighted by Gasteiger charge is -2.26. The number of allylic oxidation sites excluding steroid dienone is 3. The fourth-order valence-electron chi connectivity index (χ4n) is 2.08. The molecule has 0 saturated carbocycles. The fraction of sp³-hybridized carbons (Fsp3) is 0.615. The van der Waals surface area contributed by atoms with Gasteiger partial charge in [0.05, 0.1) is 11.5 Å². The van der Waals surface area contributed by atoms with Crippen molar-refractivity contribution in [2.45, 2.75) is 32.7 Å². The van der Waals surface area contributed by atoms with Crippen molar-refractivity contribution < 1.29 is 13.2 Å². The lowest BCUT2D eigenvalue weighted by Crippen LogP contribution is -2.40. The molecule has 1 saturated heterocycles. The summed E-state index contributed by atoms with van der Waals surface area (Å²) in [7, 11) is -2.95. The number of hydrogen-bond donors (Lipinski definition) is 0. The van der Waals surface area contributed by atoms with E-state index in [0.29, 0.717) is 13.0 Å². The molecule has 0 aliphatic carbocycles. The Kier molecular flexibility index (Phi) is 5.59. The Morgan fingerprint density at radius 2 is 2.11 bits per heavy atom. The summed E-state index contributed by atoms with van der Waals surface area (Å²) in [6.07, 6.45) is 8.21. The molecule has 0 aromatic carbocycles. The maximum absolute atomic E-state index is 12.0. The van der Waals surface area contributed by atoms with Crippen molar-refractivity contribution in [2.24, 2.45) is 0 Å². The van der Waals surface area contributed by atoms with Gasteiger partial charge >= 0.3 is 0 Å². The van der Waals surface area contributed by atoms with Gasteiger partial charge in [0.2, 0.25) is 5.91 Å². The van der Waals surface area contributed by atoms with Crippen LogP contribution in [0.1, 0.15) is 26.7 Å². The van der Waals surface area contributed by atoms with Crippen molar-refractivity contribution in [1.82, 2.24) is 4.90 Å². The van der Waals surface area contributed by atoms with Crippen molar-refractivity contribution in [1.29, 1.82) is 0 Å². The maximum atomic E-state index is 12.0. The van der Waals surface area contributed by atoms with Crippen molar-refractivity contribution in [3.8, 4) is 0 Å². The van der Waals surface area contributed by atoms with Crippen LogP contribution in [-0.2, 0) is 14.6 Å². The molecule has 0 bridgehead atoms. The molecular formula is C13H21NO3S. The highest BCUT2D eigenvalue weighted by Gasteiger charge is 2.33. The summed E-state index contributed by atoms with van der Waals surface area (Å²) >= 11 is 0. The molecule has 1 heterocycles. The van der Waals surface area contributed by atoms with Gasteiger partial charge in [-0.2, -0.15) is 0 Å². The van der Waals surface area contributed by atoms with Gasteiger partial charge in [-0.05, 0) is 19.8 Å². The van der Waals surface area contributed by atoms with E-state index in [-0.39, 0.29) is 23.5 Å². The van der Waals surface area contributed by atoms with E-state index in [1.165, 1.54) is 6.08 Å². The van der Waals surface area contributed by atoms with Gasteiger partial charge in [0.15, 0.2) is 9.84 Å². The third kappa shape index (κ3) is 4.29. The van der Waals surface area contributed by atoms with E-state index in [2.05, 4.69) is 0 Å². The second-order valence-electron chi connectivity index (χ2n) is 4.47. The molecule has 1 unspecified atom stereocenters. The Morgan fingerprint density at radius 3 is 2.61 bits per heavy atom. The number of hydrogen-bond acceptors (Lipinski definition) is 3. The Labute approximate surface area is 109 Å². The summed E-state index contributed by atoms with van der Waals surface area (Å²) in [6, 6.07) is -0.155. The molecule has 1 atom stereocenters. The average molecular weight is 271 g/mol. The molecule has 1 amide bonds. The van der Waals surface area contributed by atoms with Crippen LogP contribution in [0.15, 0.2) is 24.3 Å². The summed E-state index contributed by atoms with van der Waals surface area (Å²) in [6.45, 7) is 4.47. The molecule has 0 radical (unpaired) electrons. The number of amides is 1. The molecular weight excluding hydrogens is 250 g/mol. The zero-order valence-corrected chi connectivity index (χ0v) is 11.8. The van der Waals surface area contributed by atoms with E-state index in [9.17, 15) is 13.2 Å². The third-order valence-electron chi connectivity index (χ3n) is 2.94. The van der Waals surface area contributed by atoms with Crippen LogP contribution in [0.5, 0.6) is 0 Å². The number of nitrogens with zero attached hydrogens (tertiary/aromatic N) is 1. The van der Waals surface area contributed by atoms with E-state index in [1.54, 1.807) is 17.1 Å². The van der Waals surface area contributed by atoms with Gasteiger partial charge in [-0.25, -0.2) is 8.42 Å². The molecule has 4 nitrogen and oxygen atoms in total. The highest BCUT2D eigenvalue weighted by molar-refractivity contribution is 7.91. The first-order valence-electron chi connectivity index (χ1n) is 6.30. The summed E-state index contributed by atoms with van der Waals surface area (Å²) in [4.78, 5) is 13.7. The van der Waals surface area contributed by atoms with Crippen LogP contribution in [0, 0.1) is 0 Å². The molecule has 0 N–H and O–H groups in total. The van der Waals surface area contributed by atoms with E-state index < -0.39 is 9.84 Å². The largest absolute Gasteiger partial charge is 0.335 e. The smallest absolute Gasteiger partial charge is 0.246 e. The second kappa shape index (κ2) is 6.73. The van der Waals surface area contributed by atoms with Crippen LogP contribution >= 0.6 is 0 Å². The molecule has 5 heteroatoms. The Bertz CT molecular complexity index is 437. The monoisotopic (exact) mass is 271 g/mol. The van der Waals surface area contributed by atoms with Crippen LogP contribution in [0.25, 0.3) is 0 Å². The van der Waals surface area contributed by atoms with Gasteiger partial charge in [-0.1, -0.05) is 25.2 Å². The van der Waals surface area contributed by atoms with E-state index >= 15 is 0 Å². The molecule has 1 aliphatic heterocycles. The molecule has 0 spiro atoms. The zero-order chi connectivity index (χ0) is 13.6. The first-order chi connectivity index (χ1) is 8.50. The Balaban J connectivity index is 2.73. The van der Waals surface area contributed by atoms with Crippen LogP contribution in [0.2, 0.25) is 0 Å². The van der Waals surface area contributed by atoms with Crippen LogP contribution < -0.4 is 0 Å². The normalized spacial score (nSPS) is 22.9. The topological polar surface area (TPSA) is 54.5 Å². The summed E-state index contributed by atoms with van der Waals surface area (Å²) in [5, 5.41) is 0. The standard InChI is InChI=1S/C13H21NO3S/c1-3-5-6-7-13(15)14(9-4-2)12-8-10-18(16,17)11-12/h3,5-7,12H,4,8-11H2,1-2H3/b5-3+,7-6+. The quantitative estimate of drug-likeness (QED) is 0.563. The molecule has 0 aromatic rings. The Morgan fingerprint density at radius 1 is 1.39 bits per heavy atom. The average Bonchev–Trinajstić information content (AvgIpc) is 2.66. The summed E-state index contributed by atoms with van der Waals surface area (Å²) in [5.74, 6) is 0.206. The van der Waals surface area contributed by atoms with Gasteiger partial charge in [-0.15, -0.1) is 0 Å². The molecule has 1 rings (SSSR count). The van der Waals surface area contributed by atoms with Crippen LogP contribution in [0.4, 0.5) is 0 Å². The Hall–Kier alpha value is -1.10. The number of carbonyl (C=O) groups excluding carboxylic acids is 1. The van der Waals surface area contributed by atoms with Crippen LogP contribution in [0.3, 0.4) is 0 Å². The fourth-order valence-corrected chi connectivity index (χ4v) is 3.81. The first kappa shape index (κ1) is 15.0. The van der Waals surface area contributed by atoms with E-state index in [0.717, 1.165) is 6.42 Å². The molecule has 1 aliphatic rings. The van der Waals surface area contributed by atoms with Gasteiger partial charge < -0.3 is 4.90 Å². The van der Waals surface area contributed by atoms with Gasteiger partial charge in [0.25, 0.3) is 0 Å². The van der Waals surface area contributed by atoms with Crippen molar-refractivity contribution >= 4 is 15.7 Å². The maximum Gasteiger partial charge on any atom is 0.246 e. The molecule has 18 heavy (non-hydrogen) atoms. The van der Waals surface area contributed by atoms with Crippen LogP contribution in [-0.4, -0.2) is 43.3 Å². The predicted molar refractivity (Wildman–Crippen MR) is 73.0 cm³/mol. The second-order valence-corrected chi connectivity index (χ2v) is 6.70. The van der Waals surface area contributed by atoms with Crippen molar-refractivity contribution in [2.75, 3.05) is 18.1 Å². The van der Waals surface area contributed by atoms with Crippen molar-refractivity contribution in [3.05, 3.63) is 24.3 Å². The summed E-state index contributed by atoms with van der Waals surface area (Å²) < 4.78 is 22.9. The lowest BCUT2D eigenvalue weighted by molar-refractivity contribution is -0.127. The van der Waals surface area contributed by atoms with Crippen molar-refractivity contribution in [3.63, 3.8) is 0 Å². The zero-order valence-electron chi connectivity index (χ0n) is 11.0. The first-order valence-corrected chi connectivity index (χ1v) is 8.12. The molecule has 0 aromatic heterocycles. The number of rotatable bonds is 5. The van der Waals surface area contributed by atoms with Gasteiger partial charge in [-0.3, -0.25) is 4.79 Å². The third-order valence-corrected chi connectivity index (χ3v) is 4.69. The highest BCUT2D eigenvalue weighted by Crippen LogP contribution is 2.18. The minimum absolute atomic E-state index is 0.1000. The minimum Gasteiger partial charge on any atom is -0.335 e. The van der Waals surface area contributed by atoms with E-state index in [4.69, 9.17) is 0 Å². The molecule has 102 valence electrons.